The summed E-state index contributed by atoms with van der Waals surface area (Å²) < 4.78 is 0. The molecule has 0 saturated heterocycles. The number of benzene rings is 2. The highest BCUT2D eigenvalue weighted by molar-refractivity contribution is 5.98. The minimum Gasteiger partial charge on any atom is -0.344 e. The molecule has 4 amide bonds. The van der Waals surface area contributed by atoms with Gasteiger partial charge in [-0.15, -0.1) is 0 Å². The minimum atomic E-state index is -0.764. The lowest BCUT2D eigenvalue weighted by atomic mass is 9.98. The van der Waals surface area contributed by atoms with Gasteiger partial charge in [0.2, 0.25) is 5.91 Å². The molecule has 2 aromatic carbocycles. The molecule has 0 aliphatic carbocycles. The van der Waals surface area contributed by atoms with E-state index >= 15 is 0 Å². The van der Waals surface area contributed by atoms with Crippen LogP contribution in [-0.2, 0) is 9.59 Å². The topological polar surface area (TPSA) is 87.3 Å². The number of imide groups is 1. The summed E-state index contributed by atoms with van der Waals surface area (Å²) in [4.78, 5) is 36.5. The first-order valence-electron chi connectivity index (χ1n) is 9.40. The Hall–Kier alpha value is -3.15. The van der Waals surface area contributed by atoms with Crippen molar-refractivity contribution in [3.63, 3.8) is 0 Å². The first-order chi connectivity index (χ1) is 13.4. The van der Waals surface area contributed by atoms with Crippen LogP contribution in [0.4, 0.5) is 4.79 Å². The summed E-state index contributed by atoms with van der Waals surface area (Å²) in [5.74, 6) is -0.940. The van der Waals surface area contributed by atoms with Gasteiger partial charge in [0.25, 0.3) is 5.91 Å². The zero-order chi connectivity index (χ0) is 20.5. The number of amides is 4. The maximum atomic E-state index is 12.6. The van der Waals surface area contributed by atoms with Crippen LogP contribution >= 0.6 is 0 Å². The quantitative estimate of drug-likeness (QED) is 0.688. The molecule has 28 heavy (non-hydrogen) atoms. The van der Waals surface area contributed by atoms with Crippen molar-refractivity contribution in [2.75, 3.05) is 0 Å². The summed E-state index contributed by atoms with van der Waals surface area (Å²) in [5, 5.41) is 7.85. The molecule has 0 saturated carbocycles. The van der Waals surface area contributed by atoms with E-state index < -0.39 is 24.0 Å². The fourth-order valence-electron chi connectivity index (χ4n) is 2.93. The normalized spacial score (nSPS) is 12.7. The van der Waals surface area contributed by atoms with E-state index in [1.54, 1.807) is 0 Å². The van der Waals surface area contributed by atoms with E-state index in [1.807, 2.05) is 74.5 Å². The van der Waals surface area contributed by atoms with Crippen molar-refractivity contribution in [3.05, 3.63) is 71.8 Å². The summed E-state index contributed by atoms with van der Waals surface area (Å²) >= 11 is 0. The molecule has 2 aromatic rings. The highest BCUT2D eigenvalue weighted by Gasteiger charge is 2.27. The Bertz CT molecular complexity index is 754. The standard InChI is InChI=1S/C22H27N3O3/c1-4-15(2)19(23-16(3)26)21(27)25-22(28)24-20(17-11-7-5-8-12-17)18-13-9-6-10-14-18/h5-15,19-20H,4H2,1-3H3,(H,23,26)(H2,24,25,27,28)/t15-,19+/m1/s1. The van der Waals surface area contributed by atoms with Gasteiger partial charge >= 0.3 is 6.03 Å². The van der Waals surface area contributed by atoms with Gasteiger partial charge in [-0.1, -0.05) is 80.9 Å². The first-order valence-corrected chi connectivity index (χ1v) is 9.40. The maximum absolute atomic E-state index is 12.6. The Morgan fingerprint density at radius 1 is 0.857 bits per heavy atom. The molecule has 0 aliphatic rings. The fourth-order valence-corrected chi connectivity index (χ4v) is 2.93. The number of urea groups is 1. The van der Waals surface area contributed by atoms with Crippen LogP contribution in [0.15, 0.2) is 60.7 Å². The Morgan fingerprint density at radius 3 is 1.79 bits per heavy atom. The summed E-state index contributed by atoms with van der Waals surface area (Å²) in [5.41, 5.74) is 1.80. The molecule has 3 N–H and O–H groups in total. The van der Waals surface area contributed by atoms with Crippen LogP contribution in [0, 0.1) is 5.92 Å². The molecule has 0 radical (unpaired) electrons. The largest absolute Gasteiger partial charge is 0.344 e. The second kappa shape index (κ2) is 10.3. The Balaban J connectivity index is 2.15. The molecular weight excluding hydrogens is 354 g/mol. The number of hydrogen-bond donors (Lipinski definition) is 3. The van der Waals surface area contributed by atoms with Gasteiger partial charge in [-0.3, -0.25) is 14.9 Å². The third-order valence-electron chi connectivity index (χ3n) is 4.63. The number of rotatable bonds is 7. The monoisotopic (exact) mass is 381 g/mol. The highest BCUT2D eigenvalue weighted by atomic mass is 16.2. The molecule has 6 nitrogen and oxygen atoms in total. The molecular formula is C22H27N3O3. The number of carbonyl (C=O) groups is 3. The average molecular weight is 381 g/mol. The Morgan fingerprint density at radius 2 is 1.36 bits per heavy atom. The van der Waals surface area contributed by atoms with Crippen LogP contribution < -0.4 is 16.0 Å². The number of carbonyl (C=O) groups excluding carboxylic acids is 3. The van der Waals surface area contributed by atoms with Crippen LogP contribution in [0.25, 0.3) is 0 Å². The van der Waals surface area contributed by atoms with Crippen molar-refractivity contribution < 1.29 is 14.4 Å². The van der Waals surface area contributed by atoms with Crippen LogP contribution in [0.5, 0.6) is 0 Å². The van der Waals surface area contributed by atoms with E-state index in [4.69, 9.17) is 0 Å². The summed E-state index contributed by atoms with van der Waals surface area (Å²) in [6, 6.07) is 17.3. The predicted molar refractivity (Wildman–Crippen MR) is 108 cm³/mol. The van der Waals surface area contributed by atoms with Crippen molar-refractivity contribution in [1.82, 2.24) is 16.0 Å². The minimum absolute atomic E-state index is 0.101. The molecule has 0 spiro atoms. The van der Waals surface area contributed by atoms with Crippen LogP contribution in [0.1, 0.15) is 44.4 Å². The average Bonchev–Trinajstić information content (AvgIpc) is 2.70. The molecule has 0 fully saturated rings. The smallest absolute Gasteiger partial charge is 0.322 e. The van der Waals surface area contributed by atoms with Crippen LogP contribution in [0.2, 0.25) is 0 Å². The van der Waals surface area contributed by atoms with Crippen molar-refractivity contribution in [3.8, 4) is 0 Å². The Kier molecular flexibility index (Phi) is 7.75. The van der Waals surface area contributed by atoms with E-state index in [-0.39, 0.29) is 11.8 Å². The van der Waals surface area contributed by atoms with Gasteiger partial charge < -0.3 is 10.6 Å². The number of hydrogen-bond acceptors (Lipinski definition) is 3. The molecule has 2 atom stereocenters. The van der Waals surface area contributed by atoms with Crippen molar-refractivity contribution in [1.29, 1.82) is 0 Å². The maximum Gasteiger partial charge on any atom is 0.322 e. The lowest BCUT2D eigenvalue weighted by molar-refractivity contribution is -0.128. The molecule has 0 bridgehead atoms. The summed E-state index contributed by atoms with van der Waals surface area (Å²) in [6.45, 7) is 5.13. The predicted octanol–water partition coefficient (Wildman–Crippen LogP) is 3.15. The molecule has 0 aliphatic heterocycles. The van der Waals surface area contributed by atoms with Crippen molar-refractivity contribution in [2.45, 2.75) is 39.3 Å². The van der Waals surface area contributed by atoms with Gasteiger partial charge in [0.05, 0.1) is 6.04 Å². The van der Waals surface area contributed by atoms with Gasteiger partial charge in [0.1, 0.15) is 6.04 Å². The molecule has 0 unspecified atom stereocenters. The fraction of sp³-hybridized carbons (Fsp3) is 0.318. The van der Waals surface area contributed by atoms with Crippen molar-refractivity contribution in [2.24, 2.45) is 5.92 Å². The van der Waals surface area contributed by atoms with E-state index in [1.165, 1.54) is 6.92 Å². The zero-order valence-electron chi connectivity index (χ0n) is 16.4. The Labute approximate surface area is 165 Å². The van der Waals surface area contributed by atoms with E-state index in [0.717, 1.165) is 11.1 Å². The number of nitrogens with one attached hydrogen (secondary N) is 3. The van der Waals surface area contributed by atoms with Gasteiger partial charge in [-0.05, 0) is 17.0 Å². The van der Waals surface area contributed by atoms with Gasteiger partial charge in [-0.2, -0.15) is 0 Å². The lowest BCUT2D eigenvalue weighted by Gasteiger charge is -2.24. The molecule has 2 rings (SSSR count). The van der Waals surface area contributed by atoms with Gasteiger partial charge in [0, 0.05) is 6.92 Å². The van der Waals surface area contributed by atoms with Gasteiger partial charge in [-0.25, -0.2) is 4.79 Å². The molecule has 0 heterocycles. The highest BCUT2D eigenvalue weighted by Crippen LogP contribution is 2.21. The second-order valence-electron chi connectivity index (χ2n) is 6.78. The first kappa shape index (κ1) is 21.2. The van der Waals surface area contributed by atoms with Crippen molar-refractivity contribution >= 4 is 17.8 Å². The van der Waals surface area contributed by atoms with E-state index in [0.29, 0.717) is 6.42 Å². The molecule has 148 valence electrons. The van der Waals surface area contributed by atoms with E-state index in [2.05, 4.69) is 16.0 Å². The summed E-state index contributed by atoms with van der Waals surface area (Å²) in [7, 11) is 0. The van der Waals surface area contributed by atoms with E-state index in [9.17, 15) is 14.4 Å². The van der Waals surface area contributed by atoms with Crippen LogP contribution in [-0.4, -0.2) is 23.9 Å². The van der Waals surface area contributed by atoms with Gasteiger partial charge in [0.15, 0.2) is 0 Å². The summed E-state index contributed by atoms with van der Waals surface area (Å²) in [6.07, 6.45) is 0.691. The molecule has 0 aromatic heterocycles. The molecule has 6 heteroatoms. The lowest BCUT2D eigenvalue weighted by Crippen LogP contribution is -2.53. The third-order valence-corrected chi connectivity index (χ3v) is 4.63. The SMILES string of the molecule is CC[C@@H](C)[C@H](NC(C)=O)C(=O)NC(=O)NC(c1ccccc1)c1ccccc1. The van der Waals surface area contributed by atoms with Crippen LogP contribution in [0.3, 0.4) is 0 Å². The third kappa shape index (κ3) is 5.94. The zero-order valence-corrected chi connectivity index (χ0v) is 16.4. The second-order valence-corrected chi connectivity index (χ2v) is 6.78.